The minimum absolute atomic E-state index is 0.198. The molecule has 0 radical (unpaired) electrons. The number of hydrogen-bond acceptors (Lipinski definition) is 2. The van der Waals surface area contributed by atoms with Crippen molar-refractivity contribution in [1.82, 2.24) is 5.32 Å². The van der Waals surface area contributed by atoms with Crippen LogP contribution in [0.5, 0.6) is 5.75 Å². The molecule has 1 N–H and O–H groups in total. The van der Waals surface area contributed by atoms with Gasteiger partial charge < -0.3 is 10.1 Å². The summed E-state index contributed by atoms with van der Waals surface area (Å²) < 4.78 is 6.50. The number of halogens is 3. The minimum atomic E-state index is 0.198. The third-order valence-corrected chi connectivity index (χ3v) is 3.39. The summed E-state index contributed by atoms with van der Waals surface area (Å²) in [5.41, 5.74) is 1.02. The molecule has 1 aliphatic rings. The average Bonchev–Trinajstić information content (AvgIpc) is 2.26. The molecule has 0 aromatic heterocycles. The first-order valence-electron chi connectivity index (χ1n) is 5.26. The highest BCUT2D eigenvalue weighted by Gasteiger charge is 2.23. The van der Waals surface area contributed by atoms with Gasteiger partial charge in [0.2, 0.25) is 0 Å². The second kappa shape index (κ2) is 5.61. The number of ether oxygens (including phenoxy) is 1. The van der Waals surface area contributed by atoms with Gasteiger partial charge in [0.15, 0.2) is 0 Å². The van der Waals surface area contributed by atoms with Crippen LogP contribution in [-0.2, 0) is 0 Å². The van der Waals surface area contributed by atoms with Gasteiger partial charge in [0, 0.05) is 34.1 Å². The molecule has 1 aromatic carbocycles. The Morgan fingerprint density at radius 1 is 1.53 bits per heavy atom. The van der Waals surface area contributed by atoms with Crippen molar-refractivity contribution in [2.45, 2.75) is 12.5 Å². The van der Waals surface area contributed by atoms with Gasteiger partial charge in [-0.2, -0.15) is 0 Å². The van der Waals surface area contributed by atoms with Gasteiger partial charge >= 0.3 is 0 Å². The SMILES string of the molecule is C=C(Br)CNC1CCOc2c(Cl)cc(Cl)cc21. The first-order valence-corrected chi connectivity index (χ1v) is 6.81. The van der Waals surface area contributed by atoms with E-state index in [4.69, 9.17) is 27.9 Å². The predicted octanol–water partition coefficient (Wildman–Crippen LogP) is 4.32. The Morgan fingerprint density at radius 2 is 2.29 bits per heavy atom. The molecule has 2 rings (SSSR count). The van der Waals surface area contributed by atoms with Crippen molar-refractivity contribution in [3.8, 4) is 5.75 Å². The van der Waals surface area contributed by atoms with E-state index in [-0.39, 0.29) is 6.04 Å². The van der Waals surface area contributed by atoms with Crippen LogP contribution in [0.15, 0.2) is 23.2 Å². The zero-order valence-corrected chi connectivity index (χ0v) is 12.2. The summed E-state index contributed by atoms with van der Waals surface area (Å²) in [6.45, 7) is 5.16. The minimum Gasteiger partial charge on any atom is -0.492 e. The molecule has 1 atom stereocenters. The number of nitrogens with one attached hydrogen (secondary N) is 1. The van der Waals surface area contributed by atoms with Gasteiger partial charge in [-0.05, 0) is 12.1 Å². The molecule has 1 unspecified atom stereocenters. The molecule has 0 amide bonds. The van der Waals surface area contributed by atoms with Crippen molar-refractivity contribution in [3.63, 3.8) is 0 Å². The quantitative estimate of drug-likeness (QED) is 0.887. The Kier molecular flexibility index (Phi) is 4.36. The van der Waals surface area contributed by atoms with Gasteiger partial charge in [0.05, 0.1) is 11.6 Å². The summed E-state index contributed by atoms with van der Waals surface area (Å²) in [6, 6.07) is 3.80. The van der Waals surface area contributed by atoms with Crippen molar-refractivity contribution in [2.75, 3.05) is 13.2 Å². The summed E-state index contributed by atoms with van der Waals surface area (Å²) in [5.74, 6) is 0.736. The van der Waals surface area contributed by atoms with Crippen LogP contribution in [0.25, 0.3) is 0 Å². The Morgan fingerprint density at radius 3 is 3.00 bits per heavy atom. The van der Waals surface area contributed by atoms with Gasteiger partial charge in [-0.3, -0.25) is 0 Å². The predicted molar refractivity (Wildman–Crippen MR) is 75.4 cm³/mol. The number of rotatable bonds is 3. The van der Waals surface area contributed by atoms with E-state index in [9.17, 15) is 0 Å². The fraction of sp³-hybridized carbons (Fsp3) is 0.333. The van der Waals surface area contributed by atoms with E-state index in [1.165, 1.54) is 0 Å². The van der Waals surface area contributed by atoms with Gasteiger partial charge in [-0.1, -0.05) is 45.7 Å². The number of hydrogen-bond donors (Lipinski definition) is 1. The lowest BCUT2D eigenvalue weighted by atomic mass is 10.0. The second-order valence-corrected chi connectivity index (χ2v) is 5.86. The molecule has 92 valence electrons. The Bertz CT molecular complexity index is 450. The van der Waals surface area contributed by atoms with Crippen LogP contribution in [0.3, 0.4) is 0 Å². The summed E-state index contributed by atoms with van der Waals surface area (Å²) in [7, 11) is 0. The highest BCUT2D eigenvalue weighted by Crippen LogP contribution is 2.39. The van der Waals surface area contributed by atoms with Gasteiger partial charge in [0.1, 0.15) is 5.75 Å². The first-order chi connectivity index (χ1) is 8.08. The average molecular weight is 337 g/mol. The van der Waals surface area contributed by atoms with Gasteiger partial charge in [-0.25, -0.2) is 0 Å². The van der Waals surface area contributed by atoms with Crippen LogP contribution >= 0.6 is 39.1 Å². The van der Waals surface area contributed by atoms with E-state index in [0.29, 0.717) is 23.2 Å². The van der Waals surface area contributed by atoms with Crippen LogP contribution in [0.1, 0.15) is 18.0 Å². The van der Waals surface area contributed by atoms with Gasteiger partial charge in [0.25, 0.3) is 0 Å². The van der Waals surface area contributed by atoms with Gasteiger partial charge in [-0.15, -0.1) is 0 Å². The highest BCUT2D eigenvalue weighted by molar-refractivity contribution is 9.11. The summed E-state index contributed by atoms with van der Waals surface area (Å²) in [5, 5.41) is 4.58. The fourth-order valence-electron chi connectivity index (χ4n) is 1.87. The molecule has 0 fully saturated rings. The van der Waals surface area contributed by atoms with Crippen LogP contribution < -0.4 is 10.1 Å². The van der Waals surface area contributed by atoms with Crippen molar-refractivity contribution in [1.29, 1.82) is 0 Å². The van der Waals surface area contributed by atoms with Crippen LogP contribution in [0.4, 0.5) is 0 Å². The van der Waals surface area contributed by atoms with E-state index >= 15 is 0 Å². The molecule has 0 saturated carbocycles. The molecule has 0 spiro atoms. The topological polar surface area (TPSA) is 21.3 Å². The van der Waals surface area contributed by atoms with Crippen molar-refractivity contribution in [2.24, 2.45) is 0 Å². The molecule has 0 bridgehead atoms. The maximum atomic E-state index is 6.11. The van der Waals surface area contributed by atoms with E-state index in [1.807, 2.05) is 6.07 Å². The third kappa shape index (κ3) is 3.16. The lowest BCUT2D eigenvalue weighted by Crippen LogP contribution is -2.28. The molecule has 1 aliphatic heterocycles. The molecule has 1 heterocycles. The Labute approximate surface area is 119 Å². The first kappa shape index (κ1) is 13.2. The van der Waals surface area contributed by atoms with Crippen molar-refractivity contribution >= 4 is 39.1 Å². The smallest absolute Gasteiger partial charge is 0.142 e. The highest BCUT2D eigenvalue weighted by atomic mass is 79.9. The molecule has 5 heteroatoms. The largest absolute Gasteiger partial charge is 0.492 e. The summed E-state index contributed by atoms with van der Waals surface area (Å²) in [4.78, 5) is 0. The lowest BCUT2D eigenvalue weighted by Gasteiger charge is -2.27. The van der Waals surface area contributed by atoms with Crippen LogP contribution in [-0.4, -0.2) is 13.2 Å². The lowest BCUT2D eigenvalue weighted by molar-refractivity contribution is 0.255. The number of fused-ring (bicyclic) bond motifs is 1. The van der Waals surface area contributed by atoms with Crippen molar-refractivity contribution < 1.29 is 4.74 Å². The monoisotopic (exact) mass is 335 g/mol. The maximum absolute atomic E-state index is 6.11. The third-order valence-electron chi connectivity index (χ3n) is 2.61. The zero-order chi connectivity index (χ0) is 12.4. The molecule has 0 aliphatic carbocycles. The van der Waals surface area contributed by atoms with E-state index in [2.05, 4.69) is 27.8 Å². The van der Waals surface area contributed by atoms with Crippen LogP contribution in [0, 0.1) is 0 Å². The summed E-state index contributed by atoms with van der Waals surface area (Å²) in [6.07, 6.45) is 0.893. The second-order valence-electron chi connectivity index (χ2n) is 3.89. The van der Waals surface area contributed by atoms with Crippen molar-refractivity contribution in [3.05, 3.63) is 38.8 Å². The molecule has 0 saturated heterocycles. The molecule has 17 heavy (non-hydrogen) atoms. The number of benzene rings is 1. The molecule has 2 nitrogen and oxygen atoms in total. The van der Waals surface area contributed by atoms with Crippen LogP contribution in [0.2, 0.25) is 10.0 Å². The Hall–Kier alpha value is -0.220. The maximum Gasteiger partial charge on any atom is 0.142 e. The van der Waals surface area contributed by atoms with E-state index in [0.717, 1.165) is 22.2 Å². The standard InChI is InChI=1S/C12H12BrCl2NO/c1-7(13)6-16-11-2-3-17-12-9(11)4-8(14)5-10(12)15/h4-5,11,16H,1-3,6H2. The zero-order valence-electron chi connectivity index (χ0n) is 9.10. The summed E-state index contributed by atoms with van der Waals surface area (Å²) >= 11 is 15.5. The normalized spacial score (nSPS) is 18.4. The Balaban J connectivity index is 2.27. The van der Waals surface area contributed by atoms with E-state index in [1.54, 1.807) is 6.07 Å². The fourth-order valence-corrected chi connectivity index (χ4v) is 2.60. The molecular weight excluding hydrogens is 325 g/mol. The van der Waals surface area contributed by atoms with E-state index < -0.39 is 0 Å². The molecular formula is C12H12BrCl2NO. The molecule has 1 aromatic rings.